The van der Waals surface area contributed by atoms with E-state index in [-0.39, 0.29) is 23.6 Å². The number of hydrogen-bond acceptors (Lipinski definition) is 5. The number of hydrogen-bond donors (Lipinski definition) is 1. The van der Waals surface area contributed by atoms with Gasteiger partial charge in [-0.25, -0.2) is 0 Å². The van der Waals surface area contributed by atoms with E-state index < -0.39 is 22.7 Å². The number of rotatable bonds is 5. The summed E-state index contributed by atoms with van der Waals surface area (Å²) in [4.78, 5) is 37.1. The predicted molar refractivity (Wildman–Crippen MR) is 103 cm³/mol. The van der Waals surface area contributed by atoms with Gasteiger partial charge < -0.3 is 10.0 Å². The van der Waals surface area contributed by atoms with Gasteiger partial charge in [0.2, 0.25) is 0 Å². The Morgan fingerprint density at radius 3 is 2.54 bits per heavy atom. The van der Waals surface area contributed by atoms with E-state index in [1.54, 1.807) is 30.3 Å². The second kappa shape index (κ2) is 7.48. The van der Waals surface area contributed by atoms with Crippen LogP contribution in [-0.4, -0.2) is 33.2 Å². The number of Topliss-reactive ketones (excluding diaryl/α,β-unsaturated/α-hetero) is 1. The number of amides is 1. The Morgan fingerprint density at radius 2 is 1.93 bits per heavy atom. The van der Waals surface area contributed by atoms with Crippen molar-refractivity contribution < 1.29 is 19.6 Å². The second-order valence-corrected chi connectivity index (χ2v) is 6.46. The van der Waals surface area contributed by atoms with Crippen LogP contribution in [0.1, 0.15) is 22.7 Å². The van der Waals surface area contributed by atoms with Crippen LogP contribution in [0, 0.1) is 17.0 Å². The van der Waals surface area contributed by atoms with Crippen LogP contribution >= 0.6 is 0 Å². The normalized spacial score (nSPS) is 18.3. The molecule has 1 atom stereocenters. The first-order valence-electron chi connectivity index (χ1n) is 8.56. The van der Waals surface area contributed by atoms with Crippen LogP contribution < -0.4 is 0 Å². The molecule has 1 aliphatic rings. The SMILES string of the molecule is C=CCN1C(=O)C(=O)C(=C(O)c2ccc(C)cc2)[C@@H]1c1cccc([N+](=O)[O-])c1. The number of likely N-dealkylation sites (tertiary alicyclic amines) is 1. The van der Waals surface area contributed by atoms with Gasteiger partial charge in [0.1, 0.15) is 5.76 Å². The van der Waals surface area contributed by atoms with Crippen molar-refractivity contribution in [1.82, 2.24) is 4.90 Å². The fourth-order valence-corrected chi connectivity index (χ4v) is 3.23. The van der Waals surface area contributed by atoms with Gasteiger partial charge in [0.15, 0.2) is 0 Å². The van der Waals surface area contributed by atoms with Gasteiger partial charge in [-0.3, -0.25) is 19.7 Å². The summed E-state index contributed by atoms with van der Waals surface area (Å²) < 4.78 is 0. The third-order valence-electron chi connectivity index (χ3n) is 4.59. The van der Waals surface area contributed by atoms with E-state index in [0.717, 1.165) is 5.56 Å². The molecule has 3 rings (SSSR count). The first-order valence-corrected chi connectivity index (χ1v) is 8.56. The molecule has 1 N–H and O–H groups in total. The number of non-ortho nitro benzene ring substituents is 1. The van der Waals surface area contributed by atoms with Crippen LogP contribution in [0.5, 0.6) is 0 Å². The monoisotopic (exact) mass is 378 g/mol. The van der Waals surface area contributed by atoms with E-state index in [4.69, 9.17) is 0 Å². The van der Waals surface area contributed by atoms with E-state index >= 15 is 0 Å². The number of ketones is 1. The Hall–Kier alpha value is -3.74. The topological polar surface area (TPSA) is 101 Å². The van der Waals surface area contributed by atoms with Gasteiger partial charge in [0, 0.05) is 24.2 Å². The van der Waals surface area contributed by atoms with Crippen molar-refractivity contribution in [3.63, 3.8) is 0 Å². The van der Waals surface area contributed by atoms with Gasteiger partial charge in [0.05, 0.1) is 16.5 Å². The summed E-state index contributed by atoms with van der Waals surface area (Å²) in [6.07, 6.45) is 1.46. The van der Waals surface area contributed by atoms with Gasteiger partial charge in [-0.05, 0) is 12.5 Å². The number of carbonyl (C=O) groups excluding carboxylic acids is 2. The quantitative estimate of drug-likeness (QED) is 0.214. The van der Waals surface area contributed by atoms with E-state index in [9.17, 15) is 24.8 Å². The Balaban J connectivity index is 2.22. The lowest BCUT2D eigenvalue weighted by molar-refractivity contribution is -0.384. The number of aryl methyl sites for hydroxylation is 1. The van der Waals surface area contributed by atoms with Crippen molar-refractivity contribution in [1.29, 1.82) is 0 Å². The third-order valence-corrected chi connectivity index (χ3v) is 4.59. The zero-order chi connectivity index (χ0) is 20.4. The van der Waals surface area contributed by atoms with Crippen molar-refractivity contribution in [3.8, 4) is 0 Å². The number of aliphatic hydroxyl groups excluding tert-OH is 1. The maximum Gasteiger partial charge on any atom is 0.295 e. The highest BCUT2D eigenvalue weighted by atomic mass is 16.6. The smallest absolute Gasteiger partial charge is 0.295 e. The van der Waals surface area contributed by atoms with Crippen LogP contribution in [0.25, 0.3) is 5.76 Å². The molecule has 7 nitrogen and oxygen atoms in total. The van der Waals surface area contributed by atoms with Gasteiger partial charge >= 0.3 is 0 Å². The minimum Gasteiger partial charge on any atom is -0.507 e. The molecule has 1 amide bonds. The molecule has 2 aromatic rings. The minimum atomic E-state index is -0.945. The van der Waals surface area contributed by atoms with Crippen molar-refractivity contribution in [2.75, 3.05) is 6.54 Å². The average Bonchev–Trinajstić information content (AvgIpc) is 2.93. The summed E-state index contributed by atoms with van der Waals surface area (Å²) in [6, 6.07) is 11.6. The van der Waals surface area contributed by atoms with E-state index in [1.807, 2.05) is 6.92 Å². The van der Waals surface area contributed by atoms with Crippen molar-refractivity contribution in [2.45, 2.75) is 13.0 Å². The average molecular weight is 378 g/mol. The molecule has 0 aromatic heterocycles. The minimum absolute atomic E-state index is 0.0581. The first kappa shape index (κ1) is 19.0. The fraction of sp³-hybridized carbons (Fsp3) is 0.143. The number of nitro benzene ring substituents is 1. The fourth-order valence-electron chi connectivity index (χ4n) is 3.23. The van der Waals surface area contributed by atoms with Crippen molar-refractivity contribution in [3.05, 3.63) is 93.6 Å². The second-order valence-electron chi connectivity index (χ2n) is 6.46. The summed E-state index contributed by atoms with van der Waals surface area (Å²) in [5.74, 6) is -1.94. The molecule has 0 aliphatic carbocycles. The lowest BCUT2D eigenvalue weighted by Gasteiger charge is -2.23. The number of aliphatic hydroxyl groups is 1. The molecule has 2 aromatic carbocycles. The van der Waals surface area contributed by atoms with Crippen LogP contribution in [-0.2, 0) is 9.59 Å². The summed E-state index contributed by atoms with van der Waals surface area (Å²) in [6.45, 7) is 5.55. The Labute approximate surface area is 161 Å². The lowest BCUT2D eigenvalue weighted by atomic mass is 9.95. The molecule has 0 radical (unpaired) electrons. The molecule has 1 aliphatic heterocycles. The van der Waals surface area contributed by atoms with Gasteiger partial charge in [-0.2, -0.15) is 0 Å². The first-order chi connectivity index (χ1) is 13.3. The highest BCUT2D eigenvalue weighted by molar-refractivity contribution is 6.46. The maximum absolute atomic E-state index is 12.7. The van der Waals surface area contributed by atoms with E-state index in [1.165, 1.54) is 29.2 Å². The highest BCUT2D eigenvalue weighted by Gasteiger charge is 2.45. The maximum atomic E-state index is 12.7. The largest absolute Gasteiger partial charge is 0.507 e. The molecular weight excluding hydrogens is 360 g/mol. The number of carbonyl (C=O) groups is 2. The molecule has 7 heteroatoms. The summed E-state index contributed by atoms with van der Waals surface area (Å²) in [5.41, 5.74) is 1.45. The zero-order valence-corrected chi connectivity index (χ0v) is 15.2. The molecule has 0 spiro atoms. The lowest BCUT2D eigenvalue weighted by Crippen LogP contribution is -2.29. The van der Waals surface area contributed by atoms with Gasteiger partial charge in [0.25, 0.3) is 17.4 Å². The van der Waals surface area contributed by atoms with E-state index in [2.05, 4.69) is 6.58 Å². The molecule has 28 heavy (non-hydrogen) atoms. The predicted octanol–water partition coefficient (Wildman–Crippen LogP) is 3.51. The van der Waals surface area contributed by atoms with Crippen LogP contribution in [0.3, 0.4) is 0 Å². The van der Waals surface area contributed by atoms with E-state index in [0.29, 0.717) is 11.1 Å². The standard InChI is InChI=1S/C21H18N2O5/c1-3-11-22-18(15-5-4-6-16(12-15)23(27)28)17(20(25)21(22)26)19(24)14-9-7-13(2)8-10-14/h3-10,12,18,24H,1,11H2,2H3/t18-/m0/s1. The van der Waals surface area contributed by atoms with Crippen molar-refractivity contribution >= 4 is 23.1 Å². The van der Waals surface area contributed by atoms with Crippen LogP contribution in [0.15, 0.2) is 66.8 Å². The van der Waals surface area contributed by atoms with Gasteiger partial charge in [-0.1, -0.05) is 48.0 Å². The molecule has 0 bridgehead atoms. The summed E-state index contributed by atoms with van der Waals surface area (Å²) in [7, 11) is 0. The van der Waals surface area contributed by atoms with Crippen LogP contribution in [0.4, 0.5) is 5.69 Å². The molecule has 142 valence electrons. The Bertz CT molecular complexity index is 1010. The molecule has 1 fully saturated rings. The van der Waals surface area contributed by atoms with Crippen LogP contribution in [0.2, 0.25) is 0 Å². The Kier molecular flexibility index (Phi) is 5.08. The molecular formula is C21H18N2O5. The molecule has 1 saturated heterocycles. The zero-order valence-electron chi connectivity index (χ0n) is 15.2. The number of nitro groups is 1. The third kappa shape index (κ3) is 3.29. The Morgan fingerprint density at radius 1 is 1.25 bits per heavy atom. The summed E-state index contributed by atoms with van der Waals surface area (Å²) in [5, 5.41) is 22.0. The highest BCUT2D eigenvalue weighted by Crippen LogP contribution is 2.40. The molecule has 1 heterocycles. The summed E-state index contributed by atoms with van der Waals surface area (Å²) >= 11 is 0. The molecule has 0 saturated carbocycles. The van der Waals surface area contributed by atoms with Gasteiger partial charge in [-0.15, -0.1) is 6.58 Å². The number of benzene rings is 2. The number of nitrogens with zero attached hydrogens (tertiary/aromatic N) is 2. The molecule has 0 unspecified atom stereocenters. The van der Waals surface area contributed by atoms with Crippen molar-refractivity contribution in [2.24, 2.45) is 0 Å².